The van der Waals surface area contributed by atoms with Crippen LogP contribution in [0.4, 0.5) is 0 Å². The summed E-state index contributed by atoms with van der Waals surface area (Å²) < 4.78 is 91.6. The van der Waals surface area contributed by atoms with Gasteiger partial charge in [0.2, 0.25) is 0 Å². The van der Waals surface area contributed by atoms with Crippen LogP contribution in [0, 0.1) is 0 Å². The van der Waals surface area contributed by atoms with Crippen molar-refractivity contribution < 1.29 is 85.6 Å². The van der Waals surface area contributed by atoms with E-state index in [4.69, 9.17) is 85.6 Å². The molecule has 0 fully saturated rings. The first-order valence-corrected chi connectivity index (χ1v) is 18.8. The van der Waals surface area contributed by atoms with E-state index in [0.717, 1.165) is 0 Å². The molecule has 320 valence electrons. The fourth-order valence-electron chi connectivity index (χ4n) is 3.61. The molecule has 0 aliphatic heterocycles. The fraction of sp³-hybridized carbons (Fsp3) is 1.00. The topological polar surface area (TPSA) is 177 Å². The van der Waals surface area contributed by atoms with E-state index in [1.807, 2.05) is 0 Å². The second-order valence-electron chi connectivity index (χ2n) is 10.5. The highest BCUT2D eigenvalue weighted by Crippen LogP contribution is 1.88. The third-order valence-corrected chi connectivity index (χ3v) is 6.25. The summed E-state index contributed by atoms with van der Waals surface area (Å²) in [6.07, 6.45) is 0. The predicted molar refractivity (Wildman–Crippen MR) is 192 cm³/mol. The van der Waals surface area contributed by atoms with E-state index in [2.05, 4.69) is 0 Å². The van der Waals surface area contributed by atoms with Gasteiger partial charge in [-0.25, -0.2) is 0 Å². The molecule has 0 aromatic heterocycles. The fourth-order valence-corrected chi connectivity index (χ4v) is 3.61. The molecule has 53 heavy (non-hydrogen) atoms. The lowest BCUT2D eigenvalue weighted by atomic mass is 10.6. The van der Waals surface area contributed by atoms with Crippen molar-refractivity contribution in [3.63, 3.8) is 0 Å². The molecule has 0 unspecified atom stereocenters. The molecule has 0 spiro atoms. The van der Waals surface area contributed by atoms with Crippen LogP contribution >= 0.6 is 0 Å². The van der Waals surface area contributed by atoms with Gasteiger partial charge in [-0.05, 0) is 0 Å². The molecule has 0 aromatic rings. The van der Waals surface area contributed by atoms with Gasteiger partial charge in [0, 0.05) is 7.11 Å². The second-order valence-corrected chi connectivity index (χ2v) is 10.5. The summed E-state index contributed by atoms with van der Waals surface area (Å²) in [6, 6.07) is 0. The van der Waals surface area contributed by atoms with Gasteiger partial charge in [-0.15, -0.1) is 0 Å². The third kappa shape index (κ3) is 51.3. The van der Waals surface area contributed by atoms with Gasteiger partial charge in [0.1, 0.15) is 0 Å². The lowest BCUT2D eigenvalue weighted by Gasteiger charge is -2.09. The summed E-state index contributed by atoms with van der Waals surface area (Å²) in [5, 5.41) is 8.59. The highest BCUT2D eigenvalue weighted by atomic mass is 16.6. The molecule has 0 amide bonds. The predicted octanol–water partition coefficient (Wildman–Crippen LogP) is -0.109. The number of hydrogen-bond donors (Lipinski definition) is 1. The number of aliphatic hydroxyl groups is 1. The SMILES string of the molecule is COCCOCCOCCOCCOCCOCCOCCOCCOCCOCCOCCOCCOCCOCCOCCOCCOCCO. The zero-order chi connectivity index (χ0) is 38.1. The third-order valence-electron chi connectivity index (χ3n) is 6.25. The largest absolute Gasteiger partial charge is 0.394 e. The number of aliphatic hydroxyl groups excluding tert-OH is 1. The Labute approximate surface area is 317 Å². The Morgan fingerprint density at radius 3 is 0.415 bits per heavy atom. The molecule has 0 radical (unpaired) electrons. The molecule has 0 rings (SSSR count). The van der Waals surface area contributed by atoms with Crippen LogP contribution in [0.1, 0.15) is 0 Å². The van der Waals surface area contributed by atoms with E-state index in [9.17, 15) is 0 Å². The molecule has 0 saturated heterocycles. The van der Waals surface area contributed by atoms with Crippen LogP contribution in [0.5, 0.6) is 0 Å². The minimum Gasteiger partial charge on any atom is -0.394 e. The van der Waals surface area contributed by atoms with Crippen LogP contribution in [-0.4, -0.2) is 237 Å². The van der Waals surface area contributed by atoms with E-state index >= 15 is 0 Å². The Balaban J connectivity index is 3.05. The molecule has 18 nitrogen and oxygen atoms in total. The first kappa shape index (κ1) is 52.3. The van der Waals surface area contributed by atoms with Gasteiger partial charge in [-0.3, -0.25) is 0 Å². The Kier molecular flexibility index (Phi) is 50.6. The van der Waals surface area contributed by atoms with Crippen LogP contribution < -0.4 is 0 Å². The highest BCUT2D eigenvalue weighted by Gasteiger charge is 1.98. The molecule has 1 N–H and O–H groups in total. The molecule has 0 aliphatic rings. The van der Waals surface area contributed by atoms with Gasteiger partial charge >= 0.3 is 0 Å². The lowest BCUT2D eigenvalue weighted by molar-refractivity contribution is -0.0307. The van der Waals surface area contributed by atoms with E-state index < -0.39 is 0 Å². The normalized spacial score (nSPS) is 11.7. The van der Waals surface area contributed by atoms with Crippen LogP contribution in [-0.2, 0) is 80.5 Å². The summed E-state index contributed by atoms with van der Waals surface area (Å²) in [7, 11) is 1.64. The van der Waals surface area contributed by atoms with Crippen molar-refractivity contribution in [3.8, 4) is 0 Å². The minimum atomic E-state index is 0.0220. The van der Waals surface area contributed by atoms with Gasteiger partial charge in [0.05, 0.1) is 225 Å². The molecular formula is C35H72O18. The summed E-state index contributed by atoms with van der Waals surface area (Å²) in [6.45, 7) is 16.7. The van der Waals surface area contributed by atoms with Crippen LogP contribution in [0.25, 0.3) is 0 Å². The van der Waals surface area contributed by atoms with E-state index in [-0.39, 0.29) is 6.61 Å². The smallest absolute Gasteiger partial charge is 0.0701 e. The molecule has 0 bridgehead atoms. The van der Waals surface area contributed by atoms with Crippen LogP contribution in [0.2, 0.25) is 0 Å². The van der Waals surface area contributed by atoms with Crippen molar-refractivity contribution in [3.05, 3.63) is 0 Å². The number of rotatable bonds is 50. The molecule has 0 heterocycles. The van der Waals surface area contributed by atoms with Crippen LogP contribution in [0.3, 0.4) is 0 Å². The maximum atomic E-state index is 8.59. The Morgan fingerprint density at radius 2 is 0.302 bits per heavy atom. The van der Waals surface area contributed by atoms with Crippen LogP contribution in [0.15, 0.2) is 0 Å². The number of ether oxygens (including phenoxy) is 17. The van der Waals surface area contributed by atoms with Crippen molar-refractivity contribution >= 4 is 0 Å². The van der Waals surface area contributed by atoms with E-state index in [1.165, 1.54) is 0 Å². The monoisotopic (exact) mass is 780 g/mol. The summed E-state index contributed by atoms with van der Waals surface area (Å²) in [4.78, 5) is 0. The van der Waals surface area contributed by atoms with Crippen molar-refractivity contribution in [2.24, 2.45) is 0 Å². The Hall–Kier alpha value is -0.720. The average molecular weight is 781 g/mol. The number of hydrogen-bond acceptors (Lipinski definition) is 18. The maximum absolute atomic E-state index is 8.59. The average Bonchev–Trinajstić information content (AvgIpc) is 3.17. The zero-order valence-electron chi connectivity index (χ0n) is 32.4. The molecule has 0 aromatic carbocycles. The Morgan fingerprint density at radius 1 is 0.189 bits per heavy atom. The maximum Gasteiger partial charge on any atom is 0.0701 e. The summed E-state index contributed by atoms with van der Waals surface area (Å²) in [5.74, 6) is 0. The van der Waals surface area contributed by atoms with Gasteiger partial charge in [-0.2, -0.15) is 0 Å². The highest BCUT2D eigenvalue weighted by molar-refractivity contribution is 4.40. The molecule has 0 saturated carbocycles. The van der Waals surface area contributed by atoms with Crippen molar-refractivity contribution in [2.75, 3.05) is 232 Å². The van der Waals surface area contributed by atoms with Gasteiger partial charge < -0.3 is 85.6 Å². The quantitative estimate of drug-likeness (QED) is 0.0809. The van der Waals surface area contributed by atoms with Crippen molar-refractivity contribution in [2.45, 2.75) is 0 Å². The minimum absolute atomic E-state index is 0.0220. The summed E-state index contributed by atoms with van der Waals surface area (Å²) in [5.41, 5.74) is 0. The molecular weight excluding hydrogens is 708 g/mol. The second kappa shape index (κ2) is 51.3. The summed E-state index contributed by atoms with van der Waals surface area (Å²) >= 11 is 0. The van der Waals surface area contributed by atoms with E-state index in [0.29, 0.717) is 218 Å². The molecule has 0 aliphatic carbocycles. The Bertz CT molecular complexity index is 578. The first-order chi connectivity index (χ1) is 26.4. The van der Waals surface area contributed by atoms with Crippen molar-refractivity contribution in [1.29, 1.82) is 0 Å². The number of methoxy groups -OCH3 is 1. The zero-order valence-corrected chi connectivity index (χ0v) is 32.4. The van der Waals surface area contributed by atoms with Gasteiger partial charge in [-0.1, -0.05) is 0 Å². The molecule has 18 heteroatoms. The van der Waals surface area contributed by atoms with Gasteiger partial charge in [0.25, 0.3) is 0 Å². The lowest BCUT2D eigenvalue weighted by Crippen LogP contribution is -2.16. The van der Waals surface area contributed by atoms with Gasteiger partial charge in [0.15, 0.2) is 0 Å². The standard InChI is InChI=1S/C35H72O18/c1-37-4-5-39-8-9-41-12-13-43-16-17-45-20-21-47-24-25-49-28-29-51-32-33-53-35-34-52-31-30-50-27-26-48-23-22-46-19-18-44-15-14-42-11-10-40-7-6-38-3-2-36/h36H,2-35H2,1H3. The first-order valence-electron chi connectivity index (χ1n) is 18.8. The van der Waals surface area contributed by atoms with Crippen molar-refractivity contribution in [1.82, 2.24) is 0 Å². The van der Waals surface area contributed by atoms with E-state index in [1.54, 1.807) is 7.11 Å². The molecule has 0 atom stereocenters.